The molecule has 0 aliphatic rings. The van der Waals surface area contributed by atoms with Crippen molar-refractivity contribution in [2.45, 2.75) is 0 Å². The van der Waals surface area contributed by atoms with E-state index in [4.69, 9.17) is 10.5 Å². The molecule has 14 heavy (non-hydrogen) atoms. The lowest BCUT2D eigenvalue weighted by molar-refractivity contribution is 0.0996. The van der Waals surface area contributed by atoms with Crippen LogP contribution >= 0.6 is 0 Å². The highest BCUT2D eigenvalue weighted by atomic mass is 16.5. The summed E-state index contributed by atoms with van der Waals surface area (Å²) in [5, 5.41) is 0. The molecule has 2 aromatic rings. The minimum absolute atomic E-state index is 0.112. The van der Waals surface area contributed by atoms with Gasteiger partial charge in [-0.05, 0) is 0 Å². The van der Waals surface area contributed by atoms with Crippen molar-refractivity contribution >= 4 is 16.9 Å². The first-order chi connectivity index (χ1) is 6.72. The summed E-state index contributed by atoms with van der Waals surface area (Å²) in [6.07, 6.45) is 1.47. The molecule has 0 fully saturated rings. The monoisotopic (exact) mass is 192 g/mol. The number of carbonyl (C=O) groups is 1. The first kappa shape index (κ1) is 8.49. The van der Waals surface area contributed by atoms with Crippen LogP contribution in [0.5, 0.6) is 5.88 Å². The molecule has 0 aliphatic heterocycles. The molecule has 6 heteroatoms. The molecule has 2 aromatic heterocycles. The van der Waals surface area contributed by atoms with Crippen molar-refractivity contribution in [2.24, 2.45) is 5.73 Å². The zero-order valence-corrected chi connectivity index (χ0v) is 7.44. The normalized spacial score (nSPS) is 10.4. The van der Waals surface area contributed by atoms with Crippen molar-refractivity contribution in [3.05, 3.63) is 18.1 Å². The van der Waals surface area contributed by atoms with Crippen molar-refractivity contribution in [3.63, 3.8) is 0 Å². The van der Waals surface area contributed by atoms with E-state index >= 15 is 0 Å². The number of nitrogens with one attached hydrogen (secondary N) is 1. The molecule has 0 atom stereocenters. The second-order valence-electron chi connectivity index (χ2n) is 2.68. The number of amides is 1. The second-order valence-corrected chi connectivity index (χ2v) is 2.68. The first-order valence-corrected chi connectivity index (χ1v) is 3.90. The van der Waals surface area contributed by atoms with Gasteiger partial charge in [-0.25, -0.2) is 9.97 Å². The fourth-order valence-corrected chi connectivity index (χ4v) is 1.20. The molecule has 2 heterocycles. The number of aromatic nitrogens is 3. The van der Waals surface area contributed by atoms with Crippen LogP contribution < -0.4 is 10.5 Å². The van der Waals surface area contributed by atoms with Gasteiger partial charge in [0, 0.05) is 6.07 Å². The lowest BCUT2D eigenvalue weighted by Gasteiger charge is -2.01. The van der Waals surface area contributed by atoms with E-state index in [1.807, 2.05) is 0 Å². The van der Waals surface area contributed by atoms with Gasteiger partial charge in [0.15, 0.2) is 5.69 Å². The number of fused-ring (bicyclic) bond motifs is 1. The number of nitrogens with two attached hydrogens (primary N) is 1. The van der Waals surface area contributed by atoms with E-state index < -0.39 is 5.91 Å². The molecular weight excluding hydrogens is 184 g/mol. The summed E-state index contributed by atoms with van der Waals surface area (Å²) in [4.78, 5) is 21.7. The van der Waals surface area contributed by atoms with Gasteiger partial charge >= 0.3 is 0 Å². The van der Waals surface area contributed by atoms with Crippen molar-refractivity contribution in [1.82, 2.24) is 15.0 Å². The fourth-order valence-electron chi connectivity index (χ4n) is 1.20. The van der Waals surface area contributed by atoms with Gasteiger partial charge in [-0.3, -0.25) is 4.79 Å². The van der Waals surface area contributed by atoms with Crippen LogP contribution in [0.3, 0.4) is 0 Å². The highest BCUT2D eigenvalue weighted by Crippen LogP contribution is 2.18. The lowest BCUT2D eigenvalue weighted by atomic mass is 10.3. The number of hydrogen-bond donors (Lipinski definition) is 2. The number of primary amides is 1. The summed E-state index contributed by atoms with van der Waals surface area (Å²) in [5.74, 6) is -0.295. The molecule has 0 radical (unpaired) electrons. The standard InChI is InChI=1S/C8H8N4O2/c1-14-5-2-4-6(11-3-10-4)7(12-5)8(9)13/h2-3H,1H3,(H2,9,13)(H,10,11). The molecule has 1 amide bonds. The summed E-state index contributed by atoms with van der Waals surface area (Å²) in [6, 6.07) is 1.65. The molecule has 0 saturated carbocycles. The SMILES string of the molecule is COc1cc2[nH]cnc2c(C(N)=O)n1. The molecule has 3 N–H and O–H groups in total. The van der Waals surface area contributed by atoms with Crippen LogP contribution in [0, 0.1) is 0 Å². The molecule has 0 saturated heterocycles. The Morgan fingerprint density at radius 1 is 1.64 bits per heavy atom. The quantitative estimate of drug-likeness (QED) is 0.703. The van der Waals surface area contributed by atoms with Gasteiger partial charge in [-0.1, -0.05) is 0 Å². The van der Waals surface area contributed by atoms with Crippen LogP contribution in [0.15, 0.2) is 12.4 Å². The fraction of sp³-hybridized carbons (Fsp3) is 0.125. The van der Waals surface area contributed by atoms with E-state index in [2.05, 4.69) is 15.0 Å². The Labute approximate surface area is 79.1 Å². The van der Waals surface area contributed by atoms with Gasteiger partial charge in [0.05, 0.1) is 19.0 Å². The van der Waals surface area contributed by atoms with E-state index in [-0.39, 0.29) is 5.69 Å². The zero-order chi connectivity index (χ0) is 10.1. The van der Waals surface area contributed by atoms with Gasteiger partial charge in [-0.15, -0.1) is 0 Å². The van der Waals surface area contributed by atoms with Crippen molar-refractivity contribution in [2.75, 3.05) is 7.11 Å². The molecule has 2 rings (SSSR count). The van der Waals surface area contributed by atoms with Crippen LogP contribution in [0.25, 0.3) is 11.0 Å². The van der Waals surface area contributed by atoms with Crippen molar-refractivity contribution in [1.29, 1.82) is 0 Å². The van der Waals surface area contributed by atoms with E-state index in [9.17, 15) is 4.79 Å². The van der Waals surface area contributed by atoms with E-state index in [0.717, 1.165) is 0 Å². The smallest absolute Gasteiger partial charge is 0.269 e. The van der Waals surface area contributed by atoms with E-state index in [1.54, 1.807) is 6.07 Å². The molecule has 6 nitrogen and oxygen atoms in total. The lowest BCUT2D eigenvalue weighted by Crippen LogP contribution is -2.14. The number of carbonyl (C=O) groups excluding carboxylic acids is 1. The maximum absolute atomic E-state index is 11.0. The summed E-state index contributed by atoms with van der Waals surface area (Å²) in [6.45, 7) is 0. The van der Waals surface area contributed by atoms with Crippen LogP contribution in [-0.2, 0) is 0 Å². The highest BCUT2D eigenvalue weighted by molar-refractivity contribution is 6.02. The topological polar surface area (TPSA) is 93.9 Å². The number of imidazole rings is 1. The molecular formula is C8H8N4O2. The maximum atomic E-state index is 11.0. The summed E-state index contributed by atoms with van der Waals surface area (Å²) < 4.78 is 4.92. The van der Waals surface area contributed by atoms with Crippen LogP contribution in [0.4, 0.5) is 0 Å². The van der Waals surface area contributed by atoms with Crippen LogP contribution in [-0.4, -0.2) is 28.0 Å². The summed E-state index contributed by atoms with van der Waals surface area (Å²) in [5.41, 5.74) is 6.39. The Hall–Kier alpha value is -2.11. The van der Waals surface area contributed by atoms with E-state index in [1.165, 1.54) is 13.4 Å². The van der Waals surface area contributed by atoms with Crippen molar-refractivity contribution < 1.29 is 9.53 Å². The number of methoxy groups -OCH3 is 1. The third-order valence-electron chi connectivity index (χ3n) is 1.83. The minimum Gasteiger partial charge on any atom is -0.481 e. The van der Waals surface area contributed by atoms with E-state index in [0.29, 0.717) is 16.9 Å². The molecule has 0 aliphatic carbocycles. The maximum Gasteiger partial charge on any atom is 0.269 e. The Balaban J connectivity index is 2.76. The van der Waals surface area contributed by atoms with Crippen LogP contribution in [0.1, 0.15) is 10.5 Å². The van der Waals surface area contributed by atoms with Gasteiger partial charge in [0.1, 0.15) is 5.52 Å². The average molecular weight is 192 g/mol. The number of nitrogens with zero attached hydrogens (tertiary/aromatic N) is 2. The predicted octanol–water partition coefficient (Wildman–Crippen LogP) is 0.0654. The summed E-state index contributed by atoms with van der Waals surface area (Å²) in [7, 11) is 1.47. The highest BCUT2D eigenvalue weighted by Gasteiger charge is 2.12. The molecule has 0 unspecified atom stereocenters. The van der Waals surface area contributed by atoms with Crippen molar-refractivity contribution in [3.8, 4) is 5.88 Å². The Morgan fingerprint density at radius 3 is 3.07 bits per heavy atom. The largest absolute Gasteiger partial charge is 0.481 e. The van der Waals surface area contributed by atoms with Gasteiger partial charge in [0.25, 0.3) is 5.91 Å². The van der Waals surface area contributed by atoms with Crippen LogP contribution in [0.2, 0.25) is 0 Å². The van der Waals surface area contributed by atoms with Gasteiger partial charge in [-0.2, -0.15) is 0 Å². The molecule has 72 valence electrons. The zero-order valence-electron chi connectivity index (χ0n) is 7.44. The number of pyridine rings is 1. The number of aromatic amines is 1. The number of H-pyrrole nitrogens is 1. The number of rotatable bonds is 2. The number of hydrogen-bond acceptors (Lipinski definition) is 4. The average Bonchev–Trinajstić information content (AvgIpc) is 2.63. The molecule has 0 aromatic carbocycles. The Morgan fingerprint density at radius 2 is 2.43 bits per heavy atom. The molecule has 0 bridgehead atoms. The Kier molecular flexibility index (Phi) is 1.81. The Bertz CT molecular complexity index is 491. The second kappa shape index (κ2) is 2.99. The third-order valence-corrected chi connectivity index (χ3v) is 1.83. The predicted molar refractivity (Wildman–Crippen MR) is 49.0 cm³/mol. The third kappa shape index (κ3) is 1.17. The number of ether oxygens (including phenoxy) is 1. The van der Waals surface area contributed by atoms with Gasteiger partial charge in [0.2, 0.25) is 5.88 Å². The molecule has 0 spiro atoms. The summed E-state index contributed by atoms with van der Waals surface area (Å²) >= 11 is 0. The first-order valence-electron chi connectivity index (χ1n) is 3.90. The van der Waals surface area contributed by atoms with Gasteiger partial charge < -0.3 is 15.5 Å². The minimum atomic E-state index is -0.624.